The molecule has 0 unspecified atom stereocenters. The first-order valence-electron chi connectivity index (χ1n) is 10.00. The molecule has 2 aromatic rings. The highest BCUT2D eigenvalue weighted by Crippen LogP contribution is 2.27. The second-order valence-corrected chi connectivity index (χ2v) is 7.57. The number of rotatable bonds is 4. The minimum Gasteiger partial charge on any atom is -0.350 e. The van der Waals surface area contributed by atoms with Crippen molar-refractivity contribution in [2.45, 2.75) is 31.7 Å². The van der Waals surface area contributed by atoms with E-state index < -0.39 is 0 Å². The standard InChI is InChI=1S/C23H23N3O3/c27-21-14-19(11-12-24-21)22(28)25-15-20-2-1-13-26(20)23(29)18-9-7-17(8-10-18)6-5-16-3-4-16/h7-12,14,16,20H,1-4,13,15H2,(H,24,27)(H,25,28)/t20-/m1/s1. The van der Waals surface area contributed by atoms with Crippen LogP contribution in [0.4, 0.5) is 0 Å². The molecule has 1 saturated carbocycles. The summed E-state index contributed by atoms with van der Waals surface area (Å²) in [6, 6.07) is 10.2. The van der Waals surface area contributed by atoms with E-state index in [2.05, 4.69) is 22.1 Å². The Morgan fingerprint density at radius 1 is 1.10 bits per heavy atom. The number of amides is 2. The zero-order valence-electron chi connectivity index (χ0n) is 16.1. The Bertz CT molecular complexity index is 1030. The van der Waals surface area contributed by atoms with Crippen molar-refractivity contribution in [2.75, 3.05) is 13.1 Å². The summed E-state index contributed by atoms with van der Waals surface area (Å²) in [5.74, 6) is 6.59. The average molecular weight is 389 g/mol. The maximum absolute atomic E-state index is 12.9. The quantitative estimate of drug-likeness (QED) is 0.787. The van der Waals surface area contributed by atoms with Crippen LogP contribution in [-0.2, 0) is 0 Å². The molecule has 2 fully saturated rings. The molecule has 1 aliphatic heterocycles. The molecule has 2 N–H and O–H groups in total. The van der Waals surface area contributed by atoms with Crippen molar-refractivity contribution >= 4 is 11.8 Å². The van der Waals surface area contributed by atoms with Gasteiger partial charge in [-0.15, -0.1) is 0 Å². The van der Waals surface area contributed by atoms with E-state index in [0.717, 1.165) is 18.4 Å². The van der Waals surface area contributed by atoms with Gasteiger partial charge in [0.25, 0.3) is 11.8 Å². The lowest BCUT2D eigenvalue weighted by Crippen LogP contribution is -2.43. The van der Waals surface area contributed by atoms with Crippen LogP contribution in [0.1, 0.15) is 52.0 Å². The van der Waals surface area contributed by atoms with Crippen LogP contribution in [0.15, 0.2) is 47.4 Å². The summed E-state index contributed by atoms with van der Waals surface area (Å²) in [7, 11) is 0. The summed E-state index contributed by atoms with van der Waals surface area (Å²) in [5.41, 5.74) is 1.56. The lowest BCUT2D eigenvalue weighted by atomic mass is 10.1. The van der Waals surface area contributed by atoms with E-state index in [1.165, 1.54) is 25.1 Å². The van der Waals surface area contributed by atoms with Gasteiger partial charge in [-0.25, -0.2) is 0 Å². The van der Waals surface area contributed by atoms with Gasteiger partial charge in [-0.1, -0.05) is 11.8 Å². The van der Waals surface area contributed by atoms with Gasteiger partial charge < -0.3 is 15.2 Å². The van der Waals surface area contributed by atoms with E-state index in [1.807, 2.05) is 29.2 Å². The van der Waals surface area contributed by atoms with E-state index >= 15 is 0 Å². The number of carbonyl (C=O) groups excluding carboxylic acids is 2. The highest BCUT2D eigenvalue weighted by atomic mass is 16.2. The van der Waals surface area contributed by atoms with E-state index in [9.17, 15) is 14.4 Å². The van der Waals surface area contributed by atoms with Gasteiger partial charge in [-0.05, 0) is 56.0 Å². The number of carbonyl (C=O) groups is 2. The molecule has 6 heteroatoms. The Morgan fingerprint density at radius 2 is 1.90 bits per heavy atom. The number of hydrogen-bond donors (Lipinski definition) is 2. The summed E-state index contributed by atoms with van der Waals surface area (Å²) in [6.07, 6.45) is 5.57. The molecule has 1 aromatic heterocycles. The van der Waals surface area contributed by atoms with Gasteiger partial charge in [0.2, 0.25) is 5.56 Å². The monoisotopic (exact) mass is 389 g/mol. The van der Waals surface area contributed by atoms with Crippen LogP contribution in [0.5, 0.6) is 0 Å². The minimum atomic E-state index is -0.319. The Labute approximate surface area is 169 Å². The number of pyridine rings is 1. The van der Waals surface area contributed by atoms with Gasteiger partial charge in [-0.3, -0.25) is 14.4 Å². The van der Waals surface area contributed by atoms with Crippen LogP contribution in [0.25, 0.3) is 0 Å². The van der Waals surface area contributed by atoms with E-state index in [4.69, 9.17) is 0 Å². The second-order valence-electron chi connectivity index (χ2n) is 7.57. The first-order valence-corrected chi connectivity index (χ1v) is 10.00. The van der Waals surface area contributed by atoms with Crippen molar-refractivity contribution < 1.29 is 9.59 Å². The smallest absolute Gasteiger partial charge is 0.254 e. The van der Waals surface area contributed by atoms with Crippen LogP contribution in [0.3, 0.4) is 0 Å². The molecule has 2 aliphatic rings. The lowest BCUT2D eigenvalue weighted by molar-refractivity contribution is 0.0725. The number of benzene rings is 1. The minimum absolute atomic E-state index is 0.0281. The average Bonchev–Trinajstić information content (AvgIpc) is 3.45. The Balaban J connectivity index is 1.37. The van der Waals surface area contributed by atoms with Crippen LogP contribution in [0.2, 0.25) is 0 Å². The van der Waals surface area contributed by atoms with Crippen LogP contribution >= 0.6 is 0 Å². The van der Waals surface area contributed by atoms with Crippen molar-refractivity contribution in [3.63, 3.8) is 0 Å². The molecule has 29 heavy (non-hydrogen) atoms. The van der Waals surface area contributed by atoms with Crippen molar-refractivity contribution in [3.05, 3.63) is 69.6 Å². The van der Waals surface area contributed by atoms with Gasteiger partial charge in [0, 0.05) is 54.0 Å². The predicted molar refractivity (Wildman–Crippen MR) is 109 cm³/mol. The molecule has 2 amide bonds. The molecule has 148 valence electrons. The van der Waals surface area contributed by atoms with Crippen LogP contribution in [0, 0.1) is 17.8 Å². The van der Waals surface area contributed by atoms with Crippen molar-refractivity contribution in [2.24, 2.45) is 5.92 Å². The molecule has 0 spiro atoms. The summed E-state index contributed by atoms with van der Waals surface area (Å²) >= 11 is 0. The highest BCUT2D eigenvalue weighted by Gasteiger charge is 2.29. The van der Waals surface area contributed by atoms with E-state index in [-0.39, 0.29) is 23.4 Å². The Morgan fingerprint density at radius 3 is 2.62 bits per heavy atom. The number of aromatic amines is 1. The molecule has 1 aromatic carbocycles. The predicted octanol–water partition coefficient (Wildman–Crippen LogP) is 2.17. The third-order valence-corrected chi connectivity index (χ3v) is 5.30. The van der Waals surface area contributed by atoms with Gasteiger partial charge >= 0.3 is 0 Å². The molecule has 1 saturated heterocycles. The van der Waals surface area contributed by atoms with Crippen LogP contribution < -0.4 is 10.9 Å². The highest BCUT2D eigenvalue weighted by molar-refractivity contribution is 5.95. The number of likely N-dealkylation sites (tertiary alicyclic amines) is 1. The molecule has 0 radical (unpaired) electrons. The lowest BCUT2D eigenvalue weighted by Gasteiger charge is -2.25. The fraction of sp³-hybridized carbons (Fsp3) is 0.348. The third-order valence-electron chi connectivity index (χ3n) is 5.30. The summed E-state index contributed by atoms with van der Waals surface area (Å²) in [6.45, 7) is 1.04. The Kier molecular flexibility index (Phi) is 5.48. The number of hydrogen-bond acceptors (Lipinski definition) is 3. The molecular formula is C23H23N3O3. The zero-order chi connectivity index (χ0) is 20.2. The second kappa shape index (κ2) is 8.36. The number of nitrogens with zero attached hydrogens (tertiary/aromatic N) is 1. The fourth-order valence-electron chi connectivity index (χ4n) is 3.49. The Hall–Kier alpha value is -3.33. The normalized spacial score (nSPS) is 18.1. The van der Waals surface area contributed by atoms with E-state index in [1.54, 1.807) is 6.07 Å². The molecule has 1 aliphatic carbocycles. The summed E-state index contributed by atoms with van der Waals surface area (Å²) in [4.78, 5) is 40.9. The van der Waals surface area contributed by atoms with Crippen molar-refractivity contribution in [1.82, 2.24) is 15.2 Å². The maximum Gasteiger partial charge on any atom is 0.254 e. The summed E-state index contributed by atoms with van der Waals surface area (Å²) < 4.78 is 0. The maximum atomic E-state index is 12.9. The number of aromatic nitrogens is 1. The first-order chi connectivity index (χ1) is 14.1. The largest absolute Gasteiger partial charge is 0.350 e. The molecule has 1 atom stereocenters. The van der Waals surface area contributed by atoms with Crippen LogP contribution in [-0.4, -0.2) is 40.8 Å². The molecular weight excluding hydrogens is 366 g/mol. The molecule has 2 heterocycles. The van der Waals surface area contributed by atoms with Crippen molar-refractivity contribution in [3.8, 4) is 11.8 Å². The molecule has 6 nitrogen and oxygen atoms in total. The number of nitrogens with one attached hydrogen (secondary N) is 2. The third kappa shape index (κ3) is 4.75. The number of H-pyrrole nitrogens is 1. The van der Waals surface area contributed by atoms with E-state index in [0.29, 0.717) is 30.1 Å². The SMILES string of the molecule is O=C(NC[C@H]1CCCN1C(=O)c1ccc(C#CC2CC2)cc1)c1cc[nH]c(=O)c1. The van der Waals surface area contributed by atoms with Gasteiger partial charge in [0.1, 0.15) is 0 Å². The topological polar surface area (TPSA) is 82.3 Å². The summed E-state index contributed by atoms with van der Waals surface area (Å²) in [5, 5.41) is 2.84. The zero-order valence-corrected chi connectivity index (χ0v) is 16.1. The first kappa shape index (κ1) is 19.0. The van der Waals surface area contributed by atoms with Gasteiger partial charge in [0.15, 0.2) is 0 Å². The van der Waals surface area contributed by atoms with Gasteiger partial charge in [-0.2, -0.15) is 0 Å². The van der Waals surface area contributed by atoms with Crippen molar-refractivity contribution in [1.29, 1.82) is 0 Å². The fourth-order valence-corrected chi connectivity index (χ4v) is 3.49. The molecule has 0 bridgehead atoms. The van der Waals surface area contributed by atoms with Gasteiger partial charge in [0.05, 0.1) is 0 Å². The molecule has 4 rings (SSSR count).